The van der Waals surface area contributed by atoms with Crippen molar-refractivity contribution in [2.75, 3.05) is 4.90 Å². The Morgan fingerprint density at radius 1 is 0.400 bits per heavy atom. The van der Waals surface area contributed by atoms with Gasteiger partial charge in [-0.25, -0.2) is 0 Å². The zero-order valence-corrected chi connectivity index (χ0v) is 26.6. The molecule has 0 radical (unpaired) electrons. The molecule has 1 heterocycles. The van der Waals surface area contributed by atoms with Crippen molar-refractivity contribution in [1.82, 2.24) is 0 Å². The van der Waals surface area contributed by atoms with Crippen molar-refractivity contribution >= 4 is 71.3 Å². The summed E-state index contributed by atoms with van der Waals surface area (Å²) in [6.07, 6.45) is 0. The van der Waals surface area contributed by atoms with Gasteiger partial charge in [-0.15, -0.1) is 0 Å². The first-order valence-electron chi connectivity index (χ1n) is 20.4. The second kappa shape index (κ2) is 11.5. The number of hydrogen-bond donors (Lipinski definition) is 0. The van der Waals surface area contributed by atoms with Crippen molar-refractivity contribution < 1.29 is 15.4 Å². The number of para-hydroxylation sites is 2. The highest BCUT2D eigenvalue weighted by Crippen LogP contribution is 2.40. The third-order valence-corrected chi connectivity index (χ3v) is 9.44. The molecule has 0 aliphatic heterocycles. The fourth-order valence-electron chi connectivity index (χ4n) is 7.05. The summed E-state index contributed by atoms with van der Waals surface area (Å²) in [6, 6.07) is 43.3. The maximum atomic E-state index is 9.13. The van der Waals surface area contributed by atoms with Crippen LogP contribution in [0.3, 0.4) is 0 Å². The first-order valence-corrected chi connectivity index (χ1v) is 16.4. The quantitative estimate of drug-likeness (QED) is 0.185. The van der Waals surface area contributed by atoms with Gasteiger partial charge in [-0.3, -0.25) is 0 Å². The maximum absolute atomic E-state index is 9.13. The van der Waals surface area contributed by atoms with E-state index in [-0.39, 0.29) is 29.9 Å². The van der Waals surface area contributed by atoms with Gasteiger partial charge in [0, 0.05) is 27.8 Å². The molecule has 0 unspecified atom stereocenters. The summed E-state index contributed by atoms with van der Waals surface area (Å²) in [5, 5.41) is 6.45. The molecule has 0 bridgehead atoms. The summed E-state index contributed by atoms with van der Waals surface area (Å²) in [5.74, 6) is 0. The van der Waals surface area contributed by atoms with Crippen molar-refractivity contribution in [2.24, 2.45) is 0 Å². The van der Waals surface area contributed by atoms with Gasteiger partial charge in [0.1, 0.15) is 11.2 Å². The van der Waals surface area contributed by atoms with Crippen LogP contribution in [0.1, 0.15) is 11.0 Å². The monoisotopic (exact) mass is 645 g/mol. The first kappa shape index (κ1) is 21.4. The van der Waals surface area contributed by atoms with E-state index in [1.807, 2.05) is 84.9 Å². The lowest BCUT2D eigenvalue weighted by molar-refractivity contribution is 0.669. The van der Waals surface area contributed by atoms with E-state index in [1.165, 1.54) is 0 Å². The number of furan rings is 1. The molecule has 2 nitrogen and oxygen atoms in total. The highest BCUT2D eigenvalue weighted by molar-refractivity contribution is 6.19. The van der Waals surface area contributed by atoms with Gasteiger partial charge in [-0.1, -0.05) is 127 Å². The van der Waals surface area contributed by atoms with Gasteiger partial charge in [-0.05, 0) is 115 Å². The predicted molar refractivity (Wildman–Crippen MR) is 212 cm³/mol. The van der Waals surface area contributed by atoms with E-state index in [2.05, 4.69) is 24.3 Å². The van der Waals surface area contributed by atoms with E-state index in [4.69, 9.17) is 15.4 Å². The predicted octanol–water partition coefficient (Wildman–Crippen LogP) is 13.8. The first-order chi connectivity index (χ1) is 28.1. The number of rotatable bonds is 5. The molecule has 0 aliphatic carbocycles. The molecule has 234 valence electrons. The highest BCUT2D eigenvalue weighted by Gasteiger charge is 2.15. The number of nitrogens with zero attached hydrogens (tertiary/aromatic N) is 1. The Bertz CT molecular complexity index is 3310. The van der Waals surface area contributed by atoms with E-state index in [0.29, 0.717) is 50.1 Å². The van der Waals surface area contributed by atoms with Crippen LogP contribution in [-0.4, -0.2) is 0 Å². The average Bonchev–Trinajstić information content (AvgIpc) is 3.62. The van der Waals surface area contributed by atoms with Crippen molar-refractivity contribution in [3.05, 3.63) is 188 Å². The molecule has 0 amide bonds. The van der Waals surface area contributed by atoms with Crippen LogP contribution in [0.15, 0.2) is 192 Å². The minimum absolute atomic E-state index is 0.0438. The Hall–Kier alpha value is -6.64. The lowest BCUT2D eigenvalue weighted by Gasteiger charge is -2.26. The van der Waals surface area contributed by atoms with Crippen LogP contribution in [0.4, 0.5) is 17.1 Å². The molecule has 0 atom stereocenters. The average molecular weight is 646 g/mol. The summed E-state index contributed by atoms with van der Waals surface area (Å²) >= 11 is 0. The number of benzene rings is 9. The molecule has 10 rings (SSSR count). The lowest BCUT2D eigenvalue weighted by Crippen LogP contribution is -2.09. The molecule has 0 fully saturated rings. The summed E-state index contributed by atoms with van der Waals surface area (Å²) < 4.78 is 75.7. The van der Waals surface area contributed by atoms with Crippen LogP contribution < -0.4 is 4.90 Å². The smallest absolute Gasteiger partial charge is 0.136 e. The Morgan fingerprint density at radius 2 is 1.14 bits per heavy atom. The Morgan fingerprint density at radius 3 is 2.06 bits per heavy atom. The van der Waals surface area contributed by atoms with Crippen molar-refractivity contribution in [3.8, 4) is 22.3 Å². The van der Waals surface area contributed by atoms with Gasteiger partial charge in [-0.2, -0.15) is 0 Å². The summed E-state index contributed by atoms with van der Waals surface area (Å²) in [6.45, 7) is 0. The second-order valence-electron chi connectivity index (χ2n) is 12.3. The molecule has 9 aromatic carbocycles. The molecule has 0 N–H and O–H groups in total. The Balaban J connectivity index is 1.09. The maximum Gasteiger partial charge on any atom is 0.136 e. The molecule has 1 aromatic heterocycles. The zero-order valence-electron chi connectivity index (χ0n) is 34.6. The van der Waals surface area contributed by atoms with Gasteiger partial charge in [0.05, 0.1) is 11.0 Å². The van der Waals surface area contributed by atoms with Crippen molar-refractivity contribution in [1.29, 1.82) is 0 Å². The van der Waals surface area contributed by atoms with Crippen molar-refractivity contribution in [2.45, 2.75) is 0 Å². The highest BCUT2D eigenvalue weighted by atomic mass is 16.3. The largest absolute Gasteiger partial charge is 0.456 e. The van der Waals surface area contributed by atoms with E-state index in [9.17, 15) is 0 Å². The molecule has 2 heteroatoms. The van der Waals surface area contributed by atoms with E-state index < -0.39 is 18.1 Å². The van der Waals surface area contributed by atoms with Gasteiger partial charge in [0.15, 0.2) is 0 Å². The molecule has 10 aromatic rings. The fourth-order valence-corrected chi connectivity index (χ4v) is 7.05. The fraction of sp³-hybridized carbons (Fsp3) is 0. The van der Waals surface area contributed by atoms with Crippen molar-refractivity contribution in [3.63, 3.8) is 0 Å². The van der Waals surface area contributed by atoms with Crippen LogP contribution in [-0.2, 0) is 0 Å². The minimum Gasteiger partial charge on any atom is -0.456 e. The number of anilines is 3. The lowest BCUT2D eigenvalue weighted by atomic mass is 9.96. The van der Waals surface area contributed by atoms with Crippen LogP contribution in [0.2, 0.25) is 0 Å². The van der Waals surface area contributed by atoms with Crippen LogP contribution in [0.25, 0.3) is 76.5 Å². The van der Waals surface area contributed by atoms with Gasteiger partial charge in [0.25, 0.3) is 0 Å². The number of fused-ring (bicyclic) bond motifs is 7. The van der Waals surface area contributed by atoms with E-state index in [1.54, 1.807) is 35.2 Å². The topological polar surface area (TPSA) is 16.4 Å². The van der Waals surface area contributed by atoms with E-state index >= 15 is 0 Å². The van der Waals surface area contributed by atoms with Crippen LogP contribution in [0, 0.1) is 0 Å². The summed E-state index contributed by atoms with van der Waals surface area (Å²) in [5.41, 5.74) is 5.97. The third-order valence-electron chi connectivity index (χ3n) is 9.44. The molecule has 0 aliphatic rings. The normalized spacial score (nSPS) is 13.8. The van der Waals surface area contributed by atoms with Gasteiger partial charge in [0.2, 0.25) is 0 Å². The SMILES string of the molecule is [2H]c1c([2H])c([2H])c(N(c2ccc(-c3cccc4ccccc34)cc2)c2ccc3cc(-c4cc([2H])c5c(c4)c([2H])cc4oc6cccc([2H])c6c45)ccc3c2)c([2H])c1[2H]. The standard InChI is InChI=1S/C48H31NO/c1-2-11-39(12-3-1)49(40-24-19-33(20-25-40)43-15-8-10-32-9-4-5-13-42(32)43)41-26-21-35-29-34(17-18-37(35)31-41)36-22-27-44-38(30-36)23-28-47-48(44)45-14-6-7-16-46(45)50-47/h1-31H/i1D,2D,3D,11D,12D,14D,23D,27D. The number of hydrogen-bond acceptors (Lipinski definition) is 2. The van der Waals surface area contributed by atoms with Gasteiger partial charge < -0.3 is 9.32 Å². The van der Waals surface area contributed by atoms with E-state index in [0.717, 1.165) is 43.8 Å². The third kappa shape index (κ3) is 4.73. The minimum atomic E-state index is -0.457. The molecule has 0 spiro atoms. The Kier molecular flexibility index (Phi) is 4.91. The van der Waals surface area contributed by atoms with Crippen LogP contribution in [0.5, 0.6) is 0 Å². The zero-order chi connectivity index (χ0) is 40.0. The summed E-state index contributed by atoms with van der Waals surface area (Å²) in [7, 11) is 0. The molecule has 50 heavy (non-hydrogen) atoms. The molecule has 0 saturated carbocycles. The Labute approximate surface area is 301 Å². The van der Waals surface area contributed by atoms with Crippen LogP contribution >= 0.6 is 0 Å². The summed E-state index contributed by atoms with van der Waals surface area (Å²) in [4.78, 5) is 1.72. The molecular formula is C48H31NO. The molecular weight excluding hydrogens is 607 g/mol. The second-order valence-corrected chi connectivity index (χ2v) is 12.3. The van der Waals surface area contributed by atoms with Gasteiger partial charge >= 0.3 is 0 Å². The molecule has 0 saturated heterocycles.